The van der Waals surface area contributed by atoms with Crippen molar-refractivity contribution in [2.24, 2.45) is 5.41 Å². The van der Waals surface area contributed by atoms with Gasteiger partial charge in [-0.05, 0) is 30.7 Å². The van der Waals surface area contributed by atoms with E-state index in [9.17, 15) is 5.11 Å². The highest BCUT2D eigenvalue weighted by atomic mass is 16.3. The Bertz CT molecular complexity index is 292. The van der Waals surface area contributed by atoms with E-state index >= 15 is 0 Å². The van der Waals surface area contributed by atoms with Gasteiger partial charge in [-0.15, -0.1) is 0 Å². The normalized spacial score (nSPS) is 31.6. The van der Waals surface area contributed by atoms with Crippen LogP contribution in [0.25, 0.3) is 0 Å². The first kappa shape index (κ1) is 9.71. The van der Waals surface area contributed by atoms with Crippen LogP contribution in [0.4, 0.5) is 0 Å². The van der Waals surface area contributed by atoms with Gasteiger partial charge in [-0.1, -0.05) is 13.8 Å². The molecule has 14 heavy (non-hydrogen) atoms. The predicted molar refractivity (Wildman–Crippen MR) is 54.9 cm³/mol. The first-order valence-electron chi connectivity index (χ1n) is 5.27. The van der Waals surface area contributed by atoms with Crippen LogP contribution in [0.2, 0.25) is 0 Å². The molecule has 1 heterocycles. The Labute approximate surface area is 84.7 Å². The highest BCUT2D eigenvalue weighted by Gasteiger charge is 2.37. The number of aliphatic hydroxyl groups excluding tert-OH is 1. The maximum Gasteiger partial charge on any atom is 0.0594 e. The molecular formula is C11H18N2O. The zero-order valence-electron chi connectivity index (χ0n) is 8.85. The zero-order chi connectivity index (χ0) is 10.2. The molecule has 0 radical (unpaired) electrons. The molecule has 1 aliphatic rings. The molecule has 1 aromatic rings. The molecule has 1 aliphatic carbocycles. The van der Waals surface area contributed by atoms with Gasteiger partial charge in [0, 0.05) is 12.4 Å². The fraction of sp³-hybridized carbons (Fsp3) is 0.727. The van der Waals surface area contributed by atoms with Gasteiger partial charge in [-0.25, -0.2) is 0 Å². The van der Waals surface area contributed by atoms with E-state index in [0.29, 0.717) is 6.04 Å². The molecule has 2 rings (SSSR count). The van der Waals surface area contributed by atoms with Gasteiger partial charge in [-0.2, -0.15) is 5.10 Å². The minimum absolute atomic E-state index is 0.155. The third kappa shape index (κ3) is 1.69. The Kier molecular flexibility index (Phi) is 2.35. The van der Waals surface area contributed by atoms with Crippen LogP contribution in [-0.4, -0.2) is 21.0 Å². The topological polar surface area (TPSA) is 38.0 Å². The van der Waals surface area contributed by atoms with Gasteiger partial charge in [0.25, 0.3) is 0 Å². The van der Waals surface area contributed by atoms with Gasteiger partial charge in [-0.3, -0.25) is 4.68 Å². The number of aliphatic hydroxyl groups is 1. The second kappa shape index (κ2) is 3.39. The second-order valence-electron chi connectivity index (χ2n) is 4.92. The number of rotatable bonds is 1. The summed E-state index contributed by atoms with van der Waals surface area (Å²) in [5.74, 6) is 0. The summed E-state index contributed by atoms with van der Waals surface area (Å²) in [7, 11) is 0. The van der Waals surface area contributed by atoms with Crippen LogP contribution in [-0.2, 0) is 0 Å². The van der Waals surface area contributed by atoms with Gasteiger partial charge in [0.05, 0.1) is 12.1 Å². The number of aromatic nitrogens is 2. The lowest BCUT2D eigenvalue weighted by Crippen LogP contribution is -2.36. The van der Waals surface area contributed by atoms with Crippen molar-refractivity contribution in [3.05, 3.63) is 18.5 Å². The molecule has 1 N–H and O–H groups in total. The van der Waals surface area contributed by atoms with Crippen molar-refractivity contribution in [2.75, 3.05) is 0 Å². The van der Waals surface area contributed by atoms with E-state index in [-0.39, 0.29) is 11.5 Å². The highest BCUT2D eigenvalue weighted by Crippen LogP contribution is 2.43. The highest BCUT2D eigenvalue weighted by molar-refractivity contribution is 4.92. The maximum atomic E-state index is 9.67. The molecule has 3 nitrogen and oxygen atoms in total. The summed E-state index contributed by atoms with van der Waals surface area (Å²) in [5, 5.41) is 13.9. The van der Waals surface area contributed by atoms with Crippen molar-refractivity contribution < 1.29 is 5.11 Å². The largest absolute Gasteiger partial charge is 0.393 e. The van der Waals surface area contributed by atoms with Crippen molar-refractivity contribution in [3.8, 4) is 0 Å². The summed E-state index contributed by atoms with van der Waals surface area (Å²) in [6, 6.07) is 2.28. The van der Waals surface area contributed by atoms with E-state index in [4.69, 9.17) is 0 Å². The molecule has 1 fully saturated rings. The lowest BCUT2D eigenvalue weighted by Gasteiger charge is -2.40. The van der Waals surface area contributed by atoms with Crippen LogP contribution in [0, 0.1) is 5.41 Å². The van der Waals surface area contributed by atoms with Crippen LogP contribution in [0.5, 0.6) is 0 Å². The Hall–Kier alpha value is -0.830. The fourth-order valence-corrected chi connectivity index (χ4v) is 2.33. The second-order valence-corrected chi connectivity index (χ2v) is 4.92. The summed E-state index contributed by atoms with van der Waals surface area (Å²) in [4.78, 5) is 0. The molecule has 78 valence electrons. The lowest BCUT2D eigenvalue weighted by atomic mass is 9.72. The third-order valence-corrected chi connectivity index (χ3v) is 3.36. The summed E-state index contributed by atoms with van der Waals surface area (Å²) in [5.41, 5.74) is 0.241. The first-order chi connectivity index (χ1) is 6.59. The Morgan fingerprint density at radius 2 is 2.29 bits per heavy atom. The van der Waals surface area contributed by atoms with Crippen LogP contribution < -0.4 is 0 Å². The van der Waals surface area contributed by atoms with Crippen molar-refractivity contribution in [1.29, 1.82) is 0 Å². The van der Waals surface area contributed by atoms with E-state index in [1.807, 2.05) is 16.9 Å². The molecule has 0 amide bonds. The molecule has 0 spiro atoms. The van der Waals surface area contributed by atoms with Crippen LogP contribution in [0.3, 0.4) is 0 Å². The van der Waals surface area contributed by atoms with Gasteiger partial charge in [0.1, 0.15) is 0 Å². The SMILES string of the molecule is CC1(C)CCC(O)CC1n1cccn1. The molecule has 0 aliphatic heterocycles. The van der Waals surface area contributed by atoms with Crippen molar-refractivity contribution >= 4 is 0 Å². The lowest BCUT2D eigenvalue weighted by molar-refractivity contribution is 0.0292. The van der Waals surface area contributed by atoms with Crippen molar-refractivity contribution in [3.63, 3.8) is 0 Å². The van der Waals surface area contributed by atoms with Crippen molar-refractivity contribution in [2.45, 2.75) is 45.3 Å². The monoisotopic (exact) mass is 194 g/mol. The van der Waals surface area contributed by atoms with Crippen LogP contribution in [0.15, 0.2) is 18.5 Å². The van der Waals surface area contributed by atoms with Crippen molar-refractivity contribution in [1.82, 2.24) is 9.78 Å². The van der Waals surface area contributed by atoms with E-state index < -0.39 is 0 Å². The predicted octanol–water partition coefficient (Wildman–Crippen LogP) is 2.00. The average molecular weight is 194 g/mol. The zero-order valence-corrected chi connectivity index (χ0v) is 8.85. The smallest absolute Gasteiger partial charge is 0.0594 e. The molecule has 0 bridgehead atoms. The van der Waals surface area contributed by atoms with E-state index in [1.165, 1.54) is 0 Å². The molecule has 0 saturated heterocycles. The standard InChI is InChI=1S/C11H18N2O/c1-11(2)5-4-9(14)8-10(11)13-7-3-6-12-13/h3,6-7,9-10,14H,4-5,8H2,1-2H3. The minimum Gasteiger partial charge on any atom is -0.393 e. The molecule has 2 atom stereocenters. The van der Waals surface area contributed by atoms with Gasteiger partial charge >= 0.3 is 0 Å². The summed E-state index contributed by atoms with van der Waals surface area (Å²) >= 11 is 0. The molecule has 2 unspecified atom stereocenters. The Morgan fingerprint density at radius 3 is 2.93 bits per heavy atom. The number of hydrogen-bond donors (Lipinski definition) is 1. The maximum absolute atomic E-state index is 9.67. The molecule has 3 heteroatoms. The van der Waals surface area contributed by atoms with E-state index in [1.54, 1.807) is 6.20 Å². The van der Waals surface area contributed by atoms with Gasteiger partial charge in [0.15, 0.2) is 0 Å². The Morgan fingerprint density at radius 1 is 1.50 bits per heavy atom. The quantitative estimate of drug-likeness (QED) is 0.742. The van der Waals surface area contributed by atoms with E-state index in [2.05, 4.69) is 18.9 Å². The summed E-state index contributed by atoms with van der Waals surface area (Å²) in [6.07, 6.45) is 6.46. The number of hydrogen-bond acceptors (Lipinski definition) is 2. The van der Waals surface area contributed by atoms with Crippen LogP contribution in [0.1, 0.15) is 39.2 Å². The fourth-order valence-electron chi connectivity index (χ4n) is 2.33. The molecule has 1 aromatic heterocycles. The summed E-state index contributed by atoms with van der Waals surface area (Å²) < 4.78 is 1.99. The average Bonchev–Trinajstić information content (AvgIpc) is 2.62. The summed E-state index contributed by atoms with van der Waals surface area (Å²) in [6.45, 7) is 4.51. The molecule has 1 saturated carbocycles. The molecular weight excluding hydrogens is 176 g/mol. The number of nitrogens with zero attached hydrogens (tertiary/aromatic N) is 2. The van der Waals surface area contributed by atoms with E-state index in [0.717, 1.165) is 19.3 Å². The first-order valence-corrected chi connectivity index (χ1v) is 5.27. The molecule has 0 aromatic carbocycles. The third-order valence-electron chi connectivity index (χ3n) is 3.36. The van der Waals surface area contributed by atoms with Gasteiger partial charge in [0.2, 0.25) is 0 Å². The van der Waals surface area contributed by atoms with Crippen LogP contribution >= 0.6 is 0 Å². The van der Waals surface area contributed by atoms with Gasteiger partial charge < -0.3 is 5.11 Å². The Balaban J connectivity index is 2.22. The minimum atomic E-state index is -0.155.